The van der Waals surface area contributed by atoms with Crippen molar-refractivity contribution in [2.24, 2.45) is 0 Å². The third kappa shape index (κ3) is 3.43. The van der Waals surface area contributed by atoms with E-state index in [1.54, 1.807) is 6.20 Å². The second-order valence-corrected chi connectivity index (χ2v) is 7.27. The fourth-order valence-electron chi connectivity index (χ4n) is 2.70. The highest BCUT2D eigenvalue weighted by Crippen LogP contribution is 2.26. The lowest BCUT2D eigenvalue weighted by Crippen LogP contribution is -2.23. The van der Waals surface area contributed by atoms with Crippen molar-refractivity contribution < 1.29 is 4.79 Å². The molecule has 1 amide bonds. The lowest BCUT2D eigenvalue weighted by molar-refractivity contribution is -0.115. The molecule has 1 unspecified atom stereocenters. The van der Waals surface area contributed by atoms with Crippen LogP contribution in [0.3, 0.4) is 0 Å². The van der Waals surface area contributed by atoms with Gasteiger partial charge in [-0.25, -0.2) is 9.97 Å². The molecule has 0 aliphatic rings. The predicted octanol–water partition coefficient (Wildman–Crippen LogP) is 4.00. The molecule has 0 saturated carbocycles. The Balaban J connectivity index is 1.73. The molecule has 2 N–H and O–H groups in total. The summed E-state index contributed by atoms with van der Waals surface area (Å²) in [4.78, 5) is 24.3. The minimum atomic E-state index is -0.273. The summed E-state index contributed by atoms with van der Waals surface area (Å²) in [6.45, 7) is 7.95. The highest BCUT2D eigenvalue weighted by molar-refractivity contribution is 8.00. The van der Waals surface area contributed by atoms with Crippen molar-refractivity contribution >= 4 is 34.5 Å². The third-order valence-corrected chi connectivity index (χ3v) is 4.80. The molecule has 3 aromatic rings. The lowest BCUT2D eigenvalue weighted by Gasteiger charge is -2.15. The number of benzene rings is 1. The van der Waals surface area contributed by atoms with E-state index in [0.717, 1.165) is 22.3 Å². The molecule has 1 atom stereocenters. The van der Waals surface area contributed by atoms with Crippen LogP contribution in [0.4, 0.5) is 5.69 Å². The zero-order valence-electron chi connectivity index (χ0n) is 14.2. The van der Waals surface area contributed by atoms with Crippen LogP contribution in [-0.4, -0.2) is 26.1 Å². The number of aromatic amines is 1. The highest BCUT2D eigenvalue weighted by atomic mass is 32.2. The molecule has 24 heavy (non-hydrogen) atoms. The molecular formula is C18H20N4OS. The van der Waals surface area contributed by atoms with Gasteiger partial charge in [-0.1, -0.05) is 29.5 Å². The van der Waals surface area contributed by atoms with Crippen LogP contribution in [0.25, 0.3) is 11.2 Å². The number of hydrogen-bond donors (Lipinski definition) is 2. The molecular weight excluding hydrogens is 320 g/mol. The number of hydrogen-bond acceptors (Lipinski definition) is 4. The summed E-state index contributed by atoms with van der Waals surface area (Å²) in [6, 6.07) is 7.92. The van der Waals surface area contributed by atoms with Gasteiger partial charge in [0.15, 0.2) is 10.8 Å². The molecule has 1 aromatic carbocycles. The summed E-state index contributed by atoms with van der Waals surface area (Å²) in [5, 5.41) is 3.47. The van der Waals surface area contributed by atoms with Crippen LogP contribution in [0.2, 0.25) is 0 Å². The molecule has 0 aliphatic carbocycles. The number of nitrogens with one attached hydrogen (secondary N) is 2. The first-order valence-corrected chi connectivity index (χ1v) is 8.68. The Hall–Kier alpha value is -2.34. The fourth-order valence-corrected chi connectivity index (χ4v) is 3.51. The number of aromatic nitrogens is 3. The number of fused-ring (bicyclic) bond motifs is 1. The van der Waals surface area contributed by atoms with Gasteiger partial charge >= 0.3 is 0 Å². The first-order chi connectivity index (χ1) is 11.4. The highest BCUT2D eigenvalue weighted by Gasteiger charge is 2.18. The van der Waals surface area contributed by atoms with Gasteiger partial charge in [0, 0.05) is 11.9 Å². The van der Waals surface area contributed by atoms with Crippen LogP contribution in [0.5, 0.6) is 0 Å². The van der Waals surface area contributed by atoms with Crippen LogP contribution in [0.1, 0.15) is 23.6 Å². The van der Waals surface area contributed by atoms with Gasteiger partial charge < -0.3 is 10.3 Å². The molecule has 6 heteroatoms. The van der Waals surface area contributed by atoms with Gasteiger partial charge in [-0.05, 0) is 51.0 Å². The Labute approximate surface area is 145 Å². The molecule has 0 spiro atoms. The maximum absolute atomic E-state index is 12.5. The fraction of sp³-hybridized carbons (Fsp3) is 0.278. The van der Waals surface area contributed by atoms with Gasteiger partial charge in [0.2, 0.25) is 5.91 Å². The summed E-state index contributed by atoms with van der Waals surface area (Å²) >= 11 is 1.39. The quantitative estimate of drug-likeness (QED) is 0.704. The van der Waals surface area contributed by atoms with Crippen molar-refractivity contribution in [3.8, 4) is 0 Å². The first kappa shape index (κ1) is 16.5. The minimum absolute atomic E-state index is 0.0385. The number of rotatable bonds is 4. The number of nitrogens with zero attached hydrogens (tertiary/aromatic N) is 2. The van der Waals surface area contributed by atoms with Crippen LogP contribution in [0.15, 0.2) is 35.6 Å². The molecule has 2 heterocycles. The molecule has 0 bridgehead atoms. The standard InChI is InChI=1S/C18H20N4OS/c1-10-8-11(2)15(12(3)9-10)21-17(23)13(4)24-18-20-14-6-5-7-19-16(14)22-18/h5-9,13H,1-4H3,(H,21,23)(H,19,20,22). The zero-order chi connectivity index (χ0) is 17.3. The van der Waals surface area contributed by atoms with Crippen molar-refractivity contribution in [2.45, 2.75) is 38.1 Å². The lowest BCUT2D eigenvalue weighted by atomic mass is 10.1. The number of H-pyrrole nitrogens is 1. The van der Waals surface area contributed by atoms with Crippen molar-refractivity contribution in [2.75, 3.05) is 5.32 Å². The largest absolute Gasteiger partial charge is 0.332 e. The van der Waals surface area contributed by atoms with Gasteiger partial charge in [-0.2, -0.15) is 0 Å². The van der Waals surface area contributed by atoms with Crippen molar-refractivity contribution in [1.29, 1.82) is 0 Å². The first-order valence-electron chi connectivity index (χ1n) is 7.80. The van der Waals surface area contributed by atoms with E-state index < -0.39 is 0 Å². The Morgan fingerprint density at radius 2 is 1.96 bits per heavy atom. The SMILES string of the molecule is Cc1cc(C)c(NC(=O)C(C)Sc2nc3ncccc3[nH]2)c(C)c1. The number of amides is 1. The van der Waals surface area contributed by atoms with E-state index in [4.69, 9.17) is 0 Å². The van der Waals surface area contributed by atoms with Gasteiger partial charge in [0.05, 0.1) is 10.8 Å². The number of aryl methyl sites for hydroxylation is 3. The number of pyridine rings is 1. The topological polar surface area (TPSA) is 70.7 Å². The van der Waals surface area contributed by atoms with Gasteiger partial charge in [0.25, 0.3) is 0 Å². The van der Waals surface area contributed by atoms with Crippen LogP contribution < -0.4 is 5.32 Å². The molecule has 0 saturated heterocycles. The Kier molecular flexibility index (Phi) is 4.57. The number of anilines is 1. The summed E-state index contributed by atoms with van der Waals surface area (Å²) in [5.41, 5.74) is 5.78. The number of carbonyl (C=O) groups is 1. The Bertz CT molecular complexity index is 847. The van der Waals surface area contributed by atoms with E-state index in [1.807, 2.05) is 32.9 Å². The minimum Gasteiger partial charge on any atom is -0.332 e. The van der Waals surface area contributed by atoms with E-state index in [0.29, 0.717) is 10.8 Å². The van der Waals surface area contributed by atoms with E-state index in [2.05, 4.69) is 39.3 Å². The number of imidazole rings is 1. The van der Waals surface area contributed by atoms with Gasteiger partial charge in [-0.3, -0.25) is 4.79 Å². The summed E-state index contributed by atoms with van der Waals surface area (Å²) in [5.74, 6) is -0.0385. The maximum Gasteiger partial charge on any atom is 0.237 e. The molecule has 2 aromatic heterocycles. The zero-order valence-corrected chi connectivity index (χ0v) is 15.0. The summed E-state index contributed by atoms with van der Waals surface area (Å²) in [6.07, 6.45) is 1.71. The smallest absolute Gasteiger partial charge is 0.237 e. The van der Waals surface area contributed by atoms with Crippen molar-refractivity contribution in [3.05, 3.63) is 47.2 Å². The summed E-state index contributed by atoms with van der Waals surface area (Å²) in [7, 11) is 0. The third-order valence-electron chi connectivity index (χ3n) is 3.82. The van der Waals surface area contributed by atoms with E-state index in [1.165, 1.54) is 17.3 Å². The second-order valence-electron chi connectivity index (χ2n) is 5.94. The Morgan fingerprint density at radius 1 is 1.25 bits per heavy atom. The average Bonchev–Trinajstić information content (AvgIpc) is 2.92. The van der Waals surface area contributed by atoms with E-state index in [9.17, 15) is 4.79 Å². The van der Waals surface area contributed by atoms with Crippen LogP contribution in [-0.2, 0) is 4.79 Å². The van der Waals surface area contributed by atoms with Crippen molar-refractivity contribution in [1.82, 2.24) is 15.0 Å². The monoisotopic (exact) mass is 340 g/mol. The van der Waals surface area contributed by atoms with Gasteiger partial charge in [0.1, 0.15) is 0 Å². The van der Waals surface area contributed by atoms with Gasteiger partial charge in [-0.15, -0.1) is 0 Å². The molecule has 0 fully saturated rings. The molecule has 0 aliphatic heterocycles. The molecule has 0 radical (unpaired) electrons. The van der Waals surface area contributed by atoms with Crippen molar-refractivity contribution in [3.63, 3.8) is 0 Å². The molecule has 5 nitrogen and oxygen atoms in total. The molecule has 124 valence electrons. The second kappa shape index (κ2) is 6.65. The Morgan fingerprint density at radius 3 is 2.62 bits per heavy atom. The molecule has 3 rings (SSSR count). The summed E-state index contributed by atoms with van der Waals surface area (Å²) < 4.78 is 0. The number of carbonyl (C=O) groups excluding carboxylic acids is 1. The number of thioether (sulfide) groups is 1. The maximum atomic E-state index is 12.5. The van der Waals surface area contributed by atoms with Crippen LogP contribution >= 0.6 is 11.8 Å². The predicted molar refractivity (Wildman–Crippen MR) is 98.5 cm³/mol. The van der Waals surface area contributed by atoms with E-state index in [-0.39, 0.29) is 11.2 Å². The normalized spacial score (nSPS) is 12.3. The van der Waals surface area contributed by atoms with E-state index >= 15 is 0 Å². The van der Waals surface area contributed by atoms with Crippen LogP contribution in [0, 0.1) is 20.8 Å². The average molecular weight is 340 g/mol.